The molecule has 0 bridgehead atoms. The van der Waals surface area contributed by atoms with Crippen LogP contribution < -0.4 is 9.47 Å². The molecule has 2 N–H and O–H groups in total. The molecule has 9 heteroatoms. The Kier molecular flexibility index (Phi) is 7.03. The minimum Gasteiger partial charge on any atom is -0.490 e. The Morgan fingerprint density at radius 3 is 2.62 bits per heavy atom. The normalized spacial score (nSPS) is 18.4. The number of nitrogens with one attached hydrogen (secondary N) is 1. The van der Waals surface area contributed by atoms with Crippen LogP contribution in [0.4, 0.5) is 0 Å². The third-order valence-electron chi connectivity index (χ3n) is 5.66. The lowest BCUT2D eigenvalue weighted by atomic mass is 10.1. The Labute approximate surface area is 202 Å². The molecule has 34 heavy (non-hydrogen) atoms. The van der Waals surface area contributed by atoms with Crippen LogP contribution in [-0.4, -0.2) is 65.8 Å². The third-order valence-corrected chi connectivity index (χ3v) is 6.32. The zero-order valence-electron chi connectivity index (χ0n) is 18.9. The second-order valence-corrected chi connectivity index (χ2v) is 8.95. The number of aliphatic hydroxyl groups excluding tert-OH is 1. The third kappa shape index (κ3) is 5.38. The first-order valence-corrected chi connectivity index (χ1v) is 12.5. The Morgan fingerprint density at radius 1 is 1.06 bits per heavy atom. The van der Waals surface area contributed by atoms with Crippen LogP contribution >= 0.6 is 11.8 Å². The Hall–Kier alpha value is -3.01. The summed E-state index contributed by atoms with van der Waals surface area (Å²) in [5.41, 5.74) is 2.56. The zero-order valence-corrected chi connectivity index (χ0v) is 19.7. The predicted molar refractivity (Wildman–Crippen MR) is 130 cm³/mol. The molecule has 1 aromatic carbocycles. The van der Waals surface area contributed by atoms with Crippen molar-refractivity contribution in [1.82, 2.24) is 9.97 Å². The Morgan fingerprint density at radius 2 is 1.88 bits per heavy atom. The fraction of sp³-hybridized carbons (Fsp3) is 0.360. The van der Waals surface area contributed by atoms with E-state index in [0.717, 1.165) is 40.6 Å². The summed E-state index contributed by atoms with van der Waals surface area (Å²) in [6.07, 6.45) is 5.53. The van der Waals surface area contributed by atoms with Crippen LogP contribution in [-0.2, 0) is 9.47 Å². The van der Waals surface area contributed by atoms with Crippen molar-refractivity contribution in [3.8, 4) is 28.5 Å². The maximum atomic E-state index is 9.32. The molecule has 1 saturated heterocycles. The second kappa shape index (κ2) is 10.5. The zero-order chi connectivity index (χ0) is 23.3. The average Bonchev–Trinajstić information content (AvgIpc) is 3.55. The molecule has 4 heterocycles. The molecule has 2 aliphatic rings. The van der Waals surface area contributed by atoms with Gasteiger partial charge in [-0.3, -0.25) is 0 Å². The summed E-state index contributed by atoms with van der Waals surface area (Å²) >= 11 is 1.58. The SMILES string of the molecule is CSc1ccc(Oc2cc(OC3CCOCC3)cc(-c3ccc(C4=NC(CO)CO4)[nH]3)c2)cn1. The monoisotopic (exact) mass is 481 g/mol. The first kappa shape index (κ1) is 22.8. The van der Waals surface area contributed by atoms with Crippen molar-refractivity contribution < 1.29 is 24.1 Å². The summed E-state index contributed by atoms with van der Waals surface area (Å²) in [7, 11) is 0. The maximum absolute atomic E-state index is 9.32. The van der Waals surface area contributed by atoms with E-state index in [2.05, 4.69) is 15.0 Å². The van der Waals surface area contributed by atoms with Gasteiger partial charge in [0.2, 0.25) is 5.90 Å². The smallest absolute Gasteiger partial charge is 0.233 e. The number of rotatable bonds is 8. The largest absolute Gasteiger partial charge is 0.490 e. The van der Waals surface area contributed by atoms with Crippen LogP contribution in [0.3, 0.4) is 0 Å². The number of nitrogens with zero attached hydrogens (tertiary/aromatic N) is 2. The molecule has 2 aliphatic heterocycles. The van der Waals surface area contributed by atoms with Crippen LogP contribution in [0, 0.1) is 0 Å². The van der Waals surface area contributed by atoms with Crippen LogP contribution in [0.1, 0.15) is 18.5 Å². The Bertz CT molecular complexity index is 1140. The second-order valence-electron chi connectivity index (χ2n) is 8.13. The van der Waals surface area contributed by atoms with Gasteiger partial charge in [0.25, 0.3) is 0 Å². The van der Waals surface area contributed by atoms with Gasteiger partial charge in [-0.05, 0) is 42.7 Å². The number of hydrogen-bond donors (Lipinski definition) is 2. The number of aliphatic hydroxyl groups is 1. The number of ether oxygens (including phenoxy) is 4. The van der Waals surface area contributed by atoms with Gasteiger partial charge in [0, 0.05) is 30.2 Å². The molecule has 0 spiro atoms. The molecule has 5 rings (SSSR count). The standard InChI is InChI=1S/C25H27N3O5S/c1-34-24-5-2-19(13-26-24)33-21-11-16(10-20(12-21)32-18-6-8-30-9-7-18)22-3-4-23(28-22)25-27-17(14-29)15-31-25/h2-5,10-13,17-18,28-29H,6-9,14-15H2,1H3. The van der Waals surface area contributed by atoms with Crippen LogP contribution in [0.25, 0.3) is 11.3 Å². The number of benzene rings is 1. The molecular weight excluding hydrogens is 454 g/mol. The first-order valence-electron chi connectivity index (χ1n) is 11.3. The highest BCUT2D eigenvalue weighted by molar-refractivity contribution is 7.98. The van der Waals surface area contributed by atoms with E-state index in [1.807, 2.05) is 48.7 Å². The summed E-state index contributed by atoms with van der Waals surface area (Å²) in [5.74, 6) is 2.56. The van der Waals surface area contributed by atoms with Gasteiger partial charge < -0.3 is 29.0 Å². The summed E-state index contributed by atoms with van der Waals surface area (Å²) in [6, 6.07) is 13.4. The molecular formula is C25H27N3O5S. The fourth-order valence-corrected chi connectivity index (χ4v) is 4.23. The molecule has 178 valence electrons. The van der Waals surface area contributed by atoms with Gasteiger partial charge in [-0.1, -0.05) is 0 Å². The van der Waals surface area contributed by atoms with Gasteiger partial charge in [-0.25, -0.2) is 9.98 Å². The molecule has 0 radical (unpaired) electrons. The summed E-state index contributed by atoms with van der Waals surface area (Å²) < 4.78 is 23.5. The van der Waals surface area contributed by atoms with Gasteiger partial charge in [0.15, 0.2) is 0 Å². The van der Waals surface area contributed by atoms with E-state index < -0.39 is 0 Å². The lowest BCUT2D eigenvalue weighted by Crippen LogP contribution is -2.25. The number of H-pyrrole nitrogens is 1. The van der Waals surface area contributed by atoms with Crippen molar-refractivity contribution in [2.24, 2.45) is 4.99 Å². The van der Waals surface area contributed by atoms with E-state index in [-0.39, 0.29) is 18.8 Å². The van der Waals surface area contributed by atoms with Crippen LogP contribution in [0.15, 0.2) is 58.7 Å². The molecule has 8 nitrogen and oxygen atoms in total. The average molecular weight is 482 g/mol. The molecule has 3 aromatic rings. The molecule has 0 amide bonds. The first-order chi connectivity index (χ1) is 16.7. The van der Waals surface area contributed by atoms with Gasteiger partial charge in [0.1, 0.15) is 41.7 Å². The molecule has 1 atom stereocenters. The van der Waals surface area contributed by atoms with E-state index in [1.54, 1.807) is 18.0 Å². The molecule has 2 aromatic heterocycles. The van der Waals surface area contributed by atoms with Gasteiger partial charge >= 0.3 is 0 Å². The minimum atomic E-state index is -0.218. The quantitative estimate of drug-likeness (QED) is 0.463. The van der Waals surface area contributed by atoms with Gasteiger partial charge in [-0.15, -0.1) is 11.8 Å². The number of pyridine rings is 1. The van der Waals surface area contributed by atoms with E-state index in [9.17, 15) is 5.11 Å². The predicted octanol–water partition coefficient (Wildman–Crippen LogP) is 4.29. The number of aromatic nitrogens is 2. The number of aromatic amines is 1. The van der Waals surface area contributed by atoms with Crippen LogP contribution in [0.5, 0.6) is 17.2 Å². The van der Waals surface area contributed by atoms with E-state index in [4.69, 9.17) is 18.9 Å². The summed E-state index contributed by atoms with van der Waals surface area (Å²) in [5, 5.41) is 10.3. The Balaban J connectivity index is 1.43. The summed E-state index contributed by atoms with van der Waals surface area (Å²) in [4.78, 5) is 12.2. The van der Waals surface area contributed by atoms with E-state index in [0.29, 0.717) is 37.2 Å². The molecule has 1 unspecified atom stereocenters. The number of hydrogen-bond acceptors (Lipinski definition) is 8. The van der Waals surface area contributed by atoms with Crippen LogP contribution in [0.2, 0.25) is 0 Å². The summed E-state index contributed by atoms with van der Waals surface area (Å²) in [6.45, 7) is 1.77. The van der Waals surface area contributed by atoms with Gasteiger partial charge in [-0.2, -0.15) is 0 Å². The minimum absolute atomic E-state index is 0.0316. The van der Waals surface area contributed by atoms with Crippen molar-refractivity contribution in [1.29, 1.82) is 0 Å². The molecule has 0 saturated carbocycles. The van der Waals surface area contributed by atoms with E-state index >= 15 is 0 Å². The van der Waals surface area contributed by atoms with Crippen molar-refractivity contribution in [3.05, 3.63) is 54.4 Å². The topological polar surface area (TPSA) is 98.2 Å². The molecule has 0 aliphatic carbocycles. The van der Waals surface area contributed by atoms with Gasteiger partial charge in [0.05, 0.1) is 31.0 Å². The lowest BCUT2D eigenvalue weighted by Gasteiger charge is -2.24. The van der Waals surface area contributed by atoms with Crippen molar-refractivity contribution in [3.63, 3.8) is 0 Å². The van der Waals surface area contributed by atoms with Crippen molar-refractivity contribution in [2.45, 2.75) is 30.0 Å². The van der Waals surface area contributed by atoms with Crippen molar-refractivity contribution >= 4 is 17.7 Å². The highest BCUT2D eigenvalue weighted by Crippen LogP contribution is 2.34. The van der Waals surface area contributed by atoms with Crippen molar-refractivity contribution in [2.75, 3.05) is 32.7 Å². The fourth-order valence-electron chi connectivity index (χ4n) is 3.87. The highest BCUT2D eigenvalue weighted by Gasteiger charge is 2.21. The maximum Gasteiger partial charge on any atom is 0.233 e. The van der Waals surface area contributed by atoms with E-state index in [1.165, 1.54) is 0 Å². The highest BCUT2D eigenvalue weighted by atomic mass is 32.2. The number of aliphatic imine (C=N–C) groups is 1. The number of thioether (sulfide) groups is 1. The lowest BCUT2D eigenvalue weighted by molar-refractivity contribution is 0.0255. The molecule has 1 fully saturated rings.